The zero-order valence-electron chi connectivity index (χ0n) is 10.3. The van der Waals surface area contributed by atoms with E-state index >= 15 is 0 Å². The van der Waals surface area contributed by atoms with Crippen LogP contribution in [-0.4, -0.2) is 9.78 Å². The molecule has 3 rings (SSSR count). The molecule has 1 aliphatic rings. The van der Waals surface area contributed by atoms with E-state index in [4.69, 9.17) is 0 Å². The summed E-state index contributed by atoms with van der Waals surface area (Å²) in [6.45, 7) is 0. The quantitative estimate of drug-likeness (QED) is 0.919. The molecule has 1 heterocycles. The lowest BCUT2D eigenvalue weighted by Crippen LogP contribution is -2.14. The maximum Gasteiger partial charge on any atom is 0.285 e. The van der Waals surface area contributed by atoms with Gasteiger partial charge in [-0.1, -0.05) is 12.8 Å². The van der Waals surface area contributed by atoms with E-state index in [0.29, 0.717) is 10.2 Å². The van der Waals surface area contributed by atoms with Crippen LogP contribution in [0.1, 0.15) is 25.0 Å². The van der Waals surface area contributed by atoms with Crippen LogP contribution in [0, 0.1) is 11.7 Å². The molecule has 1 N–H and O–H groups in total. The highest BCUT2D eigenvalue weighted by Crippen LogP contribution is 2.33. The highest BCUT2D eigenvalue weighted by Gasteiger charge is 2.22. The number of aromatic amines is 1. The number of H-pyrrole nitrogens is 1. The third-order valence-electron chi connectivity index (χ3n) is 3.49. The minimum absolute atomic E-state index is 0.127. The van der Waals surface area contributed by atoms with E-state index in [0.717, 1.165) is 24.5 Å². The van der Waals surface area contributed by atoms with Gasteiger partial charge in [0.2, 0.25) is 0 Å². The maximum atomic E-state index is 12.9. The van der Waals surface area contributed by atoms with Gasteiger partial charge < -0.3 is 0 Å². The molecule has 3 nitrogen and oxygen atoms in total. The van der Waals surface area contributed by atoms with Crippen LogP contribution < -0.4 is 5.56 Å². The predicted molar refractivity (Wildman–Crippen MR) is 75.1 cm³/mol. The van der Waals surface area contributed by atoms with Crippen LogP contribution in [0.15, 0.2) is 33.5 Å². The Hall–Kier alpha value is -1.36. The van der Waals surface area contributed by atoms with Crippen molar-refractivity contribution in [1.82, 2.24) is 9.78 Å². The van der Waals surface area contributed by atoms with Crippen molar-refractivity contribution in [3.63, 3.8) is 0 Å². The van der Waals surface area contributed by atoms with E-state index in [1.807, 2.05) is 0 Å². The van der Waals surface area contributed by atoms with Crippen molar-refractivity contribution in [1.29, 1.82) is 0 Å². The molecule has 0 radical (unpaired) electrons. The summed E-state index contributed by atoms with van der Waals surface area (Å²) >= 11 is 3.34. The third-order valence-corrected chi connectivity index (χ3v) is 4.30. The van der Waals surface area contributed by atoms with E-state index in [1.54, 1.807) is 12.1 Å². The fraction of sp³-hybridized carbons (Fsp3) is 0.357. The second kappa shape index (κ2) is 4.96. The van der Waals surface area contributed by atoms with E-state index < -0.39 is 0 Å². The van der Waals surface area contributed by atoms with Crippen molar-refractivity contribution >= 4 is 15.9 Å². The van der Waals surface area contributed by atoms with Crippen molar-refractivity contribution in [2.45, 2.75) is 25.7 Å². The Morgan fingerprint density at radius 1 is 1.32 bits per heavy atom. The molecule has 100 valence electrons. The molecule has 1 aromatic carbocycles. The van der Waals surface area contributed by atoms with Crippen molar-refractivity contribution in [2.75, 3.05) is 0 Å². The van der Waals surface area contributed by atoms with Crippen LogP contribution in [0.4, 0.5) is 4.39 Å². The number of halogens is 2. The summed E-state index contributed by atoms with van der Waals surface area (Å²) < 4.78 is 14.9. The van der Waals surface area contributed by atoms with Crippen molar-refractivity contribution in [3.8, 4) is 5.69 Å². The Labute approximate surface area is 118 Å². The molecule has 0 saturated heterocycles. The Bertz CT molecular complexity index is 640. The van der Waals surface area contributed by atoms with Crippen molar-refractivity contribution in [3.05, 3.63) is 50.6 Å². The van der Waals surface area contributed by atoms with E-state index in [9.17, 15) is 9.18 Å². The molecule has 1 aliphatic carbocycles. The minimum Gasteiger partial charge on any atom is -0.294 e. The standard InChI is InChI=1S/C14H14BrFN2O/c15-13-12(8-3-9-1-2-9)17-18(14(13)19)11-6-4-10(16)5-7-11/h4-7,9,17H,1-3,8H2. The minimum atomic E-state index is -0.309. The molecule has 0 bridgehead atoms. The van der Waals surface area contributed by atoms with Gasteiger partial charge in [-0.15, -0.1) is 0 Å². The van der Waals surface area contributed by atoms with Gasteiger partial charge in [-0.05, 0) is 59.0 Å². The van der Waals surface area contributed by atoms with Crippen molar-refractivity contribution < 1.29 is 4.39 Å². The number of nitrogens with zero attached hydrogens (tertiary/aromatic N) is 1. The number of hydrogen-bond donors (Lipinski definition) is 1. The lowest BCUT2D eigenvalue weighted by molar-refractivity contribution is 0.626. The monoisotopic (exact) mass is 324 g/mol. The second-order valence-corrected chi connectivity index (χ2v) is 5.80. The summed E-state index contributed by atoms with van der Waals surface area (Å²) in [6.07, 6.45) is 4.59. The van der Waals surface area contributed by atoms with Crippen LogP contribution in [0.25, 0.3) is 5.69 Å². The zero-order valence-corrected chi connectivity index (χ0v) is 11.9. The molecule has 5 heteroatoms. The first-order chi connectivity index (χ1) is 9.15. The smallest absolute Gasteiger partial charge is 0.285 e. The summed E-state index contributed by atoms with van der Waals surface area (Å²) in [6, 6.07) is 5.87. The first-order valence-electron chi connectivity index (χ1n) is 6.40. The molecular formula is C14H14BrFN2O. The zero-order chi connectivity index (χ0) is 13.4. The van der Waals surface area contributed by atoms with Crippen LogP contribution in [0.2, 0.25) is 0 Å². The number of aryl methyl sites for hydroxylation is 1. The molecule has 0 amide bonds. The average molecular weight is 325 g/mol. The van der Waals surface area contributed by atoms with Crippen LogP contribution >= 0.6 is 15.9 Å². The van der Waals surface area contributed by atoms with E-state index in [1.165, 1.54) is 29.7 Å². The molecule has 0 spiro atoms. The maximum absolute atomic E-state index is 12.9. The van der Waals surface area contributed by atoms with Gasteiger partial charge in [0.15, 0.2) is 0 Å². The first-order valence-corrected chi connectivity index (χ1v) is 7.20. The molecule has 2 aromatic rings. The fourth-order valence-electron chi connectivity index (χ4n) is 2.15. The SMILES string of the molecule is O=c1c(Br)c(CCC2CC2)[nH]n1-c1ccc(F)cc1. The topological polar surface area (TPSA) is 37.8 Å². The Morgan fingerprint density at radius 3 is 2.63 bits per heavy atom. The Balaban J connectivity index is 1.90. The molecule has 1 fully saturated rings. The number of hydrogen-bond acceptors (Lipinski definition) is 1. The third kappa shape index (κ3) is 2.66. The normalized spacial score (nSPS) is 14.8. The average Bonchev–Trinajstić information content (AvgIpc) is 3.19. The molecular weight excluding hydrogens is 311 g/mol. The summed E-state index contributed by atoms with van der Waals surface area (Å²) in [7, 11) is 0. The van der Waals surface area contributed by atoms with Gasteiger partial charge in [-0.25, -0.2) is 9.07 Å². The summed E-state index contributed by atoms with van der Waals surface area (Å²) in [5, 5.41) is 3.10. The number of aromatic nitrogens is 2. The predicted octanol–water partition coefficient (Wildman–Crippen LogP) is 3.41. The number of rotatable bonds is 4. The first kappa shape index (κ1) is 12.7. The molecule has 1 saturated carbocycles. The van der Waals surface area contributed by atoms with Gasteiger partial charge in [-0.2, -0.15) is 0 Å². The van der Waals surface area contributed by atoms with Gasteiger partial charge >= 0.3 is 0 Å². The van der Waals surface area contributed by atoms with Gasteiger partial charge in [0.25, 0.3) is 5.56 Å². The second-order valence-electron chi connectivity index (χ2n) is 5.00. The fourth-order valence-corrected chi connectivity index (χ4v) is 2.62. The summed E-state index contributed by atoms with van der Waals surface area (Å²) in [5.41, 5.74) is 1.43. The highest BCUT2D eigenvalue weighted by molar-refractivity contribution is 9.10. The van der Waals surface area contributed by atoms with Crippen LogP contribution in [0.3, 0.4) is 0 Å². The van der Waals surface area contributed by atoms with Gasteiger partial charge in [0.1, 0.15) is 10.3 Å². The van der Waals surface area contributed by atoms with Gasteiger partial charge in [0, 0.05) is 0 Å². The van der Waals surface area contributed by atoms with E-state index in [2.05, 4.69) is 21.0 Å². The van der Waals surface area contributed by atoms with Gasteiger partial charge in [-0.3, -0.25) is 9.89 Å². The molecule has 0 aliphatic heterocycles. The Morgan fingerprint density at radius 2 is 2.00 bits per heavy atom. The lowest BCUT2D eigenvalue weighted by atomic mass is 10.2. The summed E-state index contributed by atoms with van der Waals surface area (Å²) in [4.78, 5) is 12.1. The molecule has 0 unspecified atom stereocenters. The van der Waals surface area contributed by atoms with Crippen molar-refractivity contribution in [2.24, 2.45) is 5.92 Å². The lowest BCUT2D eigenvalue weighted by Gasteiger charge is -2.01. The Kier molecular flexibility index (Phi) is 3.31. The number of nitrogens with one attached hydrogen (secondary N) is 1. The van der Waals surface area contributed by atoms with Crippen LogP contribution in [-0.2, 0) is 6.42 Å². The number of benzene rings is 1. The molecule has 19 heavy (non-hydrogen) atoms. The highest BCUT2D eigenvalue weighted by atomic mass is 79.9. The van der Waals surface area contributed by atoms with E-state index in [-0.39, 0.29) is 11.4 Å². The van der Waals surface area contributed by atoms with Crippen LogP contribution in [0.5, 0.6) is 0 Å². The molecule has 0 atom stereocenters. The molecule has 1 aromatic heterocycles. The van der Waals surface area contributed by atoms with Gasteiger partial charge in [0.05, 0.1) is 11.4 Å². The summed E-state index contributed by atoms with van der Waals surface area (Å²) in [5.74, 6) is 0.515. The largest absolute Gasteiger partial charge is 0.294 e.